The fraction of sp³-hybridized carbons (Fsp3) is 0.316. The zero-order valence-electron chi connectivity index (χ0n) is 13.9. The van der Waals surface area contributed by atoms with Gasteiger partial charge in [0.15, 0.2) is 0 Å². The van der Waals surface area contributed by atoms with Crippen molar-refractivity contribution < 1.29 is 13.9 Å². The van der Waals surface area contributed by atoms with Gasteiger partial charge in [-0.3, -0.25) is 4.79 Å². The summed E-state index contributed by atoms with van der Waals surface area (Å²) in [5.74, 6) is 0.173. The van der Waals surface area contributed by atoms with E-state index in [2.05, 4.69) is 5.32 Å². The minimum Gasteiger partial charge on any atom is -0.489 e. The molecule has 2 aromatic rings. The third-order valence-corrected chi connectivity index (χ3v) is 4.31. The number of ether oxygens (including phenoxy) is 1. The molecule has 4 nitrogen and oxygen atoms in total. The number of hydrogen-bond acceptors (Lipinski definition) is 3. The highest BCUT2D eigenvalue weighted by Gasteiger charge is 2.26. The number of amides is 1. The van der Waals surface area contributed by atoms with Crippen molar-refractivity contribution in [2.24, 2.45) is 0 Å². The van der Waals surface area contributed by atoms with Gasteiger partial charge in [0.05, 0.1) is 18.2 Å². The van der Waals surface area contributed by atoms with Crippen LogP contribution in [0.4, 0.5) is 10.1 Å². The van der Waals surface area contributed by atoms with E-state index in [4.69, 9.17) is 4.74 Å². The number of hydrogen-bond donors (Lipinski definition) is 1. The maximum absolute atomic E-state index is 13.3. The lowest BCUT2D eigenvalue weighted by atomic mass is 10.1. The molecule has 0 saturated heterocycles. The molecule has 0 fully saturated rings. The number of halogens is 1. The van der Waals surface area contributed by atoms with E-state index in [1.165, 1.54) is 17.7 Å². The van der Waals surface area contributed by atoms with Gasteiger partial charge in [0.2, 0.25) is 5.91 Å². The monoisotopic (exact) mass is 328 g/mol. The average Bonchev–Trinajstić information content (AvgIpc) is 2.57. The molecule has 5 heteroatoms. The highest BCUT2D eigenvalue weighted by atomic mass is 19.1. The van der Waals surface area contributed by atoms with E-state index in [0.29, 0.717) is 25.3 Å². The Balaban J connectivity index is 1.57. The van der Waals surface area contributed by atoms with E-state index in [9.17, 15) is 9.18 Å². The van der Waals surface area contributed by atoms with Crippen LogP contribution in [0.2, 0.25) is 0 Å². The second-order valence-electron chi connectivity index (χ2n) is 6.15. The number of likely N-dealkylation sites (N-methyl/N-ethyl adjacent to an activating group) is 1. The predicted octanol–water partition coefficient (Wildman–Crippen LogP) is 3.04. The van der Waals surface area contributed by atoms with E-state index in [1.807, 2.05) is 43.1 Å². The fourth-order valence-electron chi connectivity index (χ4n) is 2.78. The maximum atomic E-state index is 13.3. The first kappa shape index (κ1) is 16.3. The lowest BCUT2D eigenvalue weighted by Gasteiger charge is -2.35. The quantitative estimate of drug-likeness (QED) is 0.938. The molecule has 0 aliphatic carbocycles. The molecule has 1 heterocycles. The topological polar surface area (TPSA) is 41.6 Å². The SMILES string of the molecule is Cc1ccc(CNC(=O)C[C@@H]2COc3cc(F)ccc3N2C)cc1. The molecule has 2 aromatic carbocycles. The molecular formula is C19H21FN2O2. The molecule has 3 rings (SSSR count). The smallest absolute Gasteiger partial charge is 0.222 e. The van der Waals surface area contributed by atoms with Crippen LogP contribution < -0.4 is 15.0 Å². The largest absolute Gasteiger partial charge is 0.489 e. The Morgan fingerprint density at radius 3 is 2.79 bits per heavy atom. The van der Waals surface area contributed by atoms with Gasteiger partial charge in [0.25, 0.3) is 0 Å². The van der Waals surface area contributed by atoms with Gasteiger partial charge >= 0.3 is 0 Å². The molecule has 1 atom stereocenters. The van der Waals surface area contributed by atoms with Crippen LogP contribution in [-0.2, 0) is 11.3 Å². The van der Waals surface area contributed by atoms with Gasteiger partial charge in [0, 0.05) is 19.7 Å². The fourth-order valence-corrected chi connectivity index (χ4v) is 2.78. The third kappa shape index (κ3) is 3.67. The summed E-state index contributed by atoms with van der Waals surface area (Å²) in [6.07, 6.45) is 0.333. The zero-order chi connectivity index (χ0) is 17.1. The lowest BCUT2D eigenvalue weighted by Crippen LogP contribution is -2.43. The van der Waals surface area contributed by atoms with Crippen LogP contribution in [-0.4, -0.2) is 25.6 Å². The summed E-state index contributed by atoms with van der Waals surface area (Å²) >= 11 is 0. The predicted molar refractivity (Wildman–Crippen MR) is 91.7 cm³/mol. The average molecular weight is 328 g/mol. The van der Waals surface area contributed by atoms with Crippen LogP contribution in [0.5, 0.6) is 5.75 Å². The van der Waals surface area contributed by atoms with Gasteiger partial charge in [-0.25, -0.2) is 4.39 Å². The molecule has 0 saturated carbocycles. The molecule has 126 valence electrons. The van der Waals surface area contributed by atoms with Crippen molar-refractivity contribution in [1.82, 2.24) is 5.32 Å². The van der Waals surface area contributed by atoms with Gasteiger partial charge in [-0.15, -0.1) is 0 Å². The first-order chi connectivity index (χ1) is 11.5. The van der Waals surface area contributed by atoms with Crippen LogP contribution in [0.25, 0.3) is 0 Å². The van der Waals surface area contributed by atoms with Crippen molar-refractivity contribution in [2.75, 3.05) is 18.6 Å². The number of anilines is 1. The van der Waals surface area contributed by atoms with Crippen molar-refractivity contribution in [3.05, 3.63) is 59.4 Å². The molecule has 24 heavy (non-hydrogen) atoms. The minimum absolute atomic E-state index is 0.0263. The molecule has 1 N–H and O–H groups in total. The summed E-state index contributed by atoms with van der Waals surface area (Å²) in [4.78, 5) is 14.2. The van der Waals surface area contributed by atoms with E-state index < -0.39 is 0 Å². The second kappa shape index (κ2) is 6.91. The number of fused-ring (bicyclic) bond motifs is 1. The molecular weight excluding hydrogens is 307 g/mol. The van der Waals surface area contributed by atoms with Crippen molar-refractivity contribution in [1.29, 1.82) is 0 Å². The van der Waals surface area contributed by atoms with Crippen LogP contribution >= 0.6 is 0 Å². The highest BCUT2D eigenvalue weighted by Crippen LogP contribution is 2.34. The summed E-state index contributed by atoms with van der Waals surface area (Å²) in [5, 5.41) is 2.94. The number of rotatable bonds is 4. The van der Waals surface area contributed by atoms with Crippen LogP contribution in [0.15, 0.2) is 42.5 Å². The number of carbonyl (C=O) groups excluding carboxylic acids is 1. The molecule has 0 spiro atoms. The second-order valence-corrected chi connectivity index (χ2v) is 6.15. The van der Waals surface area contributed by atoms with Crippen LogP contribution in [0, 0.1) is 12.7 Å². The molecule has 0 aromatic heterocycles. The summed E-state index contributed by atoms with van der Waals surface area (Å²) in [6, 6.07) is 12.5. The van der Waals surface area contributed by atoms with E-state index in [0.717, 1.165) is 11.3 Å². The van der Waals surface area contributed by atoms with Gasteiger partial charge in [-0.05, 0) is 24.6 Å². The molecule has 0 unspecified atom stereocenters. The van der Waals surface area contributed by atoms with Gasteiger partial charge in [-0.1, -0.05) is 29.8 Å². The first-order valence-electron chi connectivity index (χ1n) is 8.00. The number of carbonyl (C=O) groups is 1. The molecule has 1 aliphatic heterocycles. The molecule has 1 amide bonds. The molecule has 1 aliphatic rings. The summed E-state index contributed by atoms with van der Waals surface area (Å²) in [6.45, 7) is 2.91. The van der Waals surface area contributed by atoms with E-state index in [-0.39, 0.29) is 17.8 Å². The number of aryl methyl sites for hydroxylation is 1. The van der Waals surface area contributed by atoms with Crippen molar-refractivity contribution in [3.63, 3.8) is 0 Å². The lowest BCUT2D eigenvalue weighted by molar-refractivity contribution is -0.121. The van der Waals surface area contributed by atoms with Crippen molar-refractivity contribution >= 4 is 11.6 Å². The standard InChI is InChI=1S/C19H21FN2O2/c1-13-3-5-14(6-4-13)11-21-19(23)10-16-12-24-18-9-15(20)7-8-17(18)22(16)2/h3-9,16H,10-12H2,1-2H3,(H,21,23)/t16-/m1/s1. The Bertz CT molecular complexity index is 731. The third-order valence-electron chi connectivity index (χ3n) is 4.31. The highest BCUT2D eigenvalue weighted by molar-refractivity contribution is 5.77. The Morgan fingerprint density at radius 2 is 2.04 bits per heavy atom. The summed E-state index contributed by atoms with van der Waals surface area (Å²) in [5.41, 5.74) is 3.07. The van der Waals surface area contributed by atoms with Crippen molar-refractivity contribution in [3.8, 4) is 5.75 Å². The Labute approximate surface area is 141 Å². The molecule has 0 radical (unpaired) electrons. The minimum atomic E-state index is -0.323. The molecule has 0 bridgehead atoms. The summed E-state index contributed by atoms with van der Waals surface area (Å²) < 4.78 is 18.9. The van der Waals surface area contributed by atoms with E-state index in [1.54, 1.807) is 6.07 Å². The number of benzene rings is 2. The Kier molecular flexibility index (Phi) is 4.69. The number of nitrogens with one attached hydrogen (secondary N) is 1. The summed E-state index contributed by atoms with van der Waals surface area (Å²) in [7, 11) is 1.90. The van der Waals surface area contributed by atoms with Gasteiger partial charge in [0.1, 0.15) is 18.2 Å². The van der Waals surface area contributed by atoms with E-state index >= 15 is 0 Å². The Hall–Kier alpha value is -2.56. The Morgan fingerprint density at radius 1 is 1.29 bits per heavy atom. The maximum Gasteiger partial charge on any atom is 0.222 e. The normalized spacial score (nSPS) is 16.3. The van der Waals surface area contributed by atoms with Gasteiger partial charge < -0.3 is 15.0 Å². The van der Waals surface area contributed by atoms with Gasteiger partial charge in [-0.2, -0.15) is 0 Å². The number of nitrogens with zero attached hydrogens (tertiary/aromatic N) is 1. The van der Waals surface area contributed by atoms with Crippen LogP contribution in [0.3, 0.4) is 0 Å². The first-order valence-corrected chi connectivity index (χ1v) is 8.00. The zero-order valence-corrected chi connectivity index (χ0v) is 13.9. The van der Waals surface area contributed by atoms with Crippen molar-refractivity contribution in [2.45, 2.75) is 25.9 Å². The van der Waals surface area contributed by atoms with Crippen LogP contribution in [0.1, 0.15) is 17.5 Å².